The lowest BCUT2D eigenvalue weighted by atomic mass is 9.92. The van der Waals surface area contributed by atoms with Gasteiger partial charge in [0.1, 0.15) is 51.3 Å². The number of aliphatic hydroxyl groups is 6. The minimum absolute atomic E-state index is 0.00660. The molecular weight excluding hydrogens is 1500 g/mol. The third-order valence-corrected chi connectivity index (χ3v) is 19.9. The van der Waals surface area contributed by atoms with Crippen LogP contribution in [-0.2, 0) is 29.1 Å². The number of rotatable bonds is 8. The number of carbonyl (C=O) groups excluding carboxylic acids is 5. The number of ether oxygens (including phenoxy) is 2. The van der Waals surface area contributed by atoms with Crippen molar-refractivity contribution in [2.45, 2.75) is 148 Å². The fourth-order valence-electron chi connectivity index (χ4n) is 13.8. The third-order valence-electron chi connectivity index (χ3n) is 19.6. The van der Waals surface area contributed by atoms with E-state index >= 15 is 4.39 Å². The molecular formula is C79H80ClF3N18O13. The number of aromatic amines is 1. The van der Waals surface area contributed by atoms with Crippen molar-refractivity contribution in [3.63, 3.8) is 0 Å². The van der Waals surface area contributed by atoms with Crippen LogP contribution in [0, 0.1) is 51.4 Å². The maximum Gasteiger partial charge on any atom is 0.417 e. The normalized spacial score (nSPS) is 21.0. The van der Waals surface area contributed by atoms with E-state index in [1.54, 1.807) is 99.1 Å². The minimum Gasteiger partial charge on any atom is -0.443 e. The van der Waals surface area contributed by atoms with Crippen LogP contribution in [0.1, 0.15) is 146 Å². The fraction of sp³-hybridized carbons (Fsp3) is 0.367. The summed E-state index contributed by atoms with van der Waals surface area (Å²) in [7, 11) is 0. The van der Waals surface area contributed by atoms with Gasteiger partial charge in [-0.3, -0.25) is 19.5 Å². The molecule has 3 saturated heterocycles. The van der Waals surface area contributed by atoms with Crippen molar-refractivity contribution >= 4 is 59.0 Å². The highest BCUT2D eigenvalue weighted by Gasteiger charge is 2.44. The average molecular weight is 1580 g/mol. The predicted molar refractivity (Wildman–Crippen MR) is 405 cm³/mol. The van der Waals surface area contributed by atoms with Crippen LogP contribution in [0.25, 0.3) is 45.1 Å². The number of benzene rings is 3. The van der Waals surface area contributed by atoms with E-state index in [1.807, 2.05) is 39.0 Å². The number of aliphatic hydroxyl groups excluding tert-OH is 3. The summed E-state index contributed by atoms with van der Waals surface area (Å²) in [5, 5.41) is 108. The number of amides is 5. The van der Waals surface area contributed by atoms with Gasteiger partial charge >= 0.3 is 12.2 Å². The number of nitrogens with one attached hydrogen (secondary N) is 2. The van der Waals surface area contributed by atoms with Crippen molar-refractivity contribution in [3.8, 4) is 63.4 Å². The maximum atomic E-state index is 15.0. The lowest BCUT2D eigenvalue weighted by molar-refractivity contribution is -0.0693. The molecule has 3 aromatic carbocycles. The number of carbonyl (C=O) groups is 5. The summed E-state index contributed by atoms with van der Waals surface area (Å²) >= 11 is 6.23. The second kappa shape index (κ2) is 31.8. The molecule has 6 aliphatic heterocycles. The second-order valence-corrected chi connectivity index (χ2v) is 31.1. The zero-order valence-corrected chi connectivity index (χ0v) is 64.1. The molecule has 114 heavy (non-hydrogen) atoms. The van der Waals surface area contributed by atoms with Crippen LogP contribution in [0.15, 0.2) is 110 Å². The zero-order chi connectivity index (χ0) is 82.4. The van der Waals surface area contributed by atoms with E-state index < -0.39 is 87.8 Å². The molecule has 6 atom stereocenters. The molecule has 5 amide bonds. The van der Waals surface area contributed by atoms with Crippen molar-refractivity contribution in [2.75, 3.05) is 54.0 Å². The Morgan fingerprint density at radius 2 is 0.930 bits per heavy atom. The molecule has 35 heteroatoms. The number of nitrogens with zero attached hydrogens (tertiary/aromatic N) is 16. The van der Waals surface area contributed by atoms with E-state index in [4.69, 9.17) is 21.1 Å². The van der Waals surface area contributed by atoms with Crippen molar-refractivity contribution in [1.82, 2.24) is 59.8 Å². The molecule has 0 aliphatic carbocycles. The number of pyridine rings is 3. The number of imide groups is 2. The highest BCUT2D eigenvalue weighted by molar-refractivity contribution is 6.35. The standard InChI is InChI=1S/C28H29FN6O5.C23H21FN6O3.C19H15ClFN3O3.C9H15N3O2/c1-27(2,3)40-26(38)34-14-19-24(25(34)37)20(12-18(31-19)23-16(13-30)6-5-7-17(23)29)35-11-9-22(32-35)33-10-8-21(36)28(4,39)15-33;1-23(33)12-29(7-5-18(23)31)19-6-8-30(28-19)17-9-15(27-16-11-26-22(32)21(16)17)20-13(10-25)3-2-4-14(20)24;1-19(2,3)27-18(26)24-9-14-16(17(24)25)11(20)7-13(23-14)15-10(8-22)5-4-6-12(15)21;1-9(14)6-12(5-3-7(9)13)8-2-4-10-11-8/h5-7,9,11-12,21,36,39H,8,10,14-15H2,1-4H3;2-4,6,8-9,18,31,33H,5,7,11-12H2,1H3,(H,26,32);4-7H,9H2,1-3H3;2,4,7,13-14H,3,5-6H2,1H3,(H,10,11)/t21-,28?;18-,23?;;7-,9?/m11.1/s1. The van der Waals surface area contributed by atoms with Gasteiger partial charge in [-0.15, -0.1) is 0 Å². The second-order valence-electron chi connectivity index (χ2n) is 30.7. The van der Waals surface area contributed by atoms with Gasteiger partial charge in [-0.05, 0) is 136 Å². The zero-order valence-electron chi connectivity index (χ0n) is 63.3. The number of H-pyrrole nitrogens is 1. The molecule has 0 bridgehead atoms. The van der Waals surface area contributed by atoms with E-state index in [-0.39, 0.29) is 122 Å². The van der Waals surface area contributed by atoms with Gasteiger partial charge in [-0.25, -0.2) is 56.9 Å². The monoisotopic (exact) mass is 1580 g/mol. The van der Waals surface area contributed by atoms with E-state index in [9.17, 15) is 79.2 Å². The van der Waals surface area contributed by atoms with Gasteiger partial charge in [-0.2, -0.15) is 31.1 Å². The van der Waals surface area contributed by atoms with Gasteiger partial charge in [0.25, 0.3) is 17.7 Å². The lowest BCUT2D eigenvalue weighted by Gasteiger charge is -2.40. The van der Waals surface area contributed by atoms with Crippen molar-refractivity contribution in [2.24, 2.45) is 0 Å². The third kappa shape index (κ3) is 16.9. The van der Waals surface area contributed by atoms with Gasteiger partial charge in [0.05, 0.1) is 183 Å². The Morgan fingerprint density at radius 1 is 0.544 bits per heavy atom. The smallest absolute Gasteiger partial charge is 0.417 e. The Kier molecular flexibility index (Phi) is 22.6. The van der Waals surface area contributed by atoms with E-state index in [2.05, 4.69) is 40.7 Å². The molecule has 0 radical (unpaired) electrons. The summed E-state index contributed by atoms with van der Waals surface area (Å²) in [6, 6.07) is 27.9. The summed E-state index contributed by atoms with van der Waals surface area (Å²) in [4.78, 5) is 84.5. The van der Waals surface area contributed by atoms with Gasteiger partial charge < -0.3 is 60.1 Å². The molecule has 0 saturated carbocycles. The number of piperidine rings is 3. The first-order valence-corrected chi connectivity index (χ1v) is 36.5. The van der Waals surface area contributed by atoms with Gasteiger partial charge in [-0.1, -0.05) is 29.8 Å². The van der Waals surface area contributed by atoms with E-state index in [0.717, 1.165) is 22.2 Å². The highest BCUT2D eigenvalue weighted by atomic mass is 35.5. The Bertz CT molecular complexity index is 5410. The molecule has 3 unspecified atom stereocenters. The Labute approximate surface area is 656 Å². The van der Waals surface area contributed by atoms with E-state index in [1.165, 1.54) is 76.1 Å². The number of hydrogen-bond acceptors (Lipinski definition) is 25. The number of nitriles is 3. The van der Waals surface area contributed by atoms with Crippen LogP contribution < -0.4 is 20.0 Å². The molecule has 6 aromatic heterocycles. The average Bonchev–Trinajstić information content (AvgIpc) is 1.58. The molecule has 12 heterocycles. The number of anilines is 3. The molecule has 3 fully saturated rings. The van der Waals surface area contributed by atoms with Crippen molar-refractivity contribution in [1.29, 1.82) is 15.8 Å². The van der Waals surface area contributed by atoms with Crippen LogP contribution in [0.4, 0.5) is 40.2 Å². The summed E-state index contributed by atoms with van der Waals surface area (Å²) in [5.41, 5.74) is -2.48. The fourth-order valence-corrected chi connectivity index (χ4v) is 14.1. The Balaban J connectivity index is 0.000000148. The number of β-amino-alcohol motifs (C(OH)–C–C–N with tert-alkyl or cyclic N) is 3. The minimum atomic E-state index is -1.34. The molecule has 31 nitrogen and oxygen atoms in total. The molecule has 592 valence electrons. The largest absolute Gasteiger partial charge is 0.443 e. The van der Waals surface area contributed by atoms with Gasteiger partial charge in [0.15, 0.2) is 11.6 Å². The quantitative estimate of drug-likeness (QED) is 0.0704. The maximum absolute atomic E-state index is 15.0. The Morgan fingerprint density at radius 3 is 1.33 bits per heavy atom. The summed E-state index contributed by atoms with van der Waals surface area (Å²) < 4.78 is 57.6. The van der Waals surface area contributed by atoms with E-state index in [0.29, 0.717) is 67.5 Å². The molecule has 9 aromatic rings. The number of halogens is 4. The topological polar surface area (TPSA) is 428 Å². The molecule has 8 N–H and O–H groups in total. The number of hydrogen-bond donors (Lipinski definition) is 8. The number of fused-ring (bicyclic) bond motifs is 3. The first-order chi connectivity index (χ1) is 53.8. The van der Waals surface area contributed by atoms with Crippen LogP contribution in [0.3, 0.4) is 0 Å². The van der Waals surface area contributed by atoms with Crippen molar-refractivity contribution in [3.05, 3.63) is 183 Å². The summed E-state index contributed by atoms with van der Waals surface area (Å²) in [6.45, 7) is 17.2. The number of aromatic nitrogens is 9. The van der Waals surface area contributed by atoms with Crippen LogP contribution >= 0.6 is 11.6 Å². The van der Waals surface area contributed by atoms with Crippen LogP contribution in [-0.4, -0.2) is 201 Å². The molecule has 0 spiro atoms. The van der Waals surface area contributed by atoms with Crippen LogP contribution in [0.2, 0.25) is 5.02 Å². The lowest BCUT2D eigenvalue weighted by Crippen LogP contribution is -2.55. The van der Waals surface area contributed by atoms with Crippen molar-refractivity contribution < 1.29 is 77.3 Å². The SMILES string of the molecule is CC(C)(C)OC(=O)N1Cc2nc(-c3c(F)cccc3C#N)cc(-n3ccc(N4CC[C@@H](O)C(C)(O)C4)n3)c2C1=O.CC(C)(C)OC(=O)N1Cc2nc(-c3c(F)cccc3C#N)cc(Cl)c2C1=O.CC1(O)CN(c2ccn(-c3cc(-c4c(F)cccc4C#N)nc4c3C(=O)NC4)n2)CC[C@H]1O.CC1(O)CN(c2ccn[nH]2)CC[C@H]1O. The Hall–Kier alpha value is -12.2. The van der Waals surface area contributed by atoms with Gasteiger partial charge in [0, 0.05) is 50.2 Å². The first-order valence-electron chi connectivity index (χ1n) is 36.1. The first kappa shape index (κ1) is 81.3. The van der Waals surface area contributed by atoms with Crippen LogP contribution in [0.5, 0.6) is 0 Å². The summed E-state index contributed by atoms with van der Waals surface area (Å²) in [6.07, 6.45) is 2.26. The predicted octanol–water partition coefficient (Wildman–Crippen LogP) is 8.70. The molecule has 6 aliphatic rings. The summed E-state index contributed by atoms with van der Waals surface area (Å²) in [5.74, 6) is -1.53. The van der Waals surface area contributed by atoms with Gasteiger partial charge in [0.2, 0.25) is 0 Å². The highest BCUT2D eigenvalue weighted by Crippen LogP contribution is 2.39. The molecule has 15 rings (SSSR count).